The molecule has 0 aromatic heterocycles. The molecule has 0 unspecified atom stereocenters. The zero-order valence-electron chi connectivity index (χ0n) is 17.1. The number of urea groups is 1. The molecule has 4 rings (SSSR count). The second-order valence-electron chi connectivity index (χ2n) is 8.52. The summed E-state index contributed by atoms with van der Waals surface area (Å²) in [6.45, 7) is 2.06. The summed E-state index contributed by atoms with van der Waals surface area (Å²) in [4.78, 5) is 42.0. The molecule has 1 aromatic rings. The fraction of sp³-hybridized carbons (Fsp3) is 0.609. The predicted molar refractivity (Wildman–Crippen MR) is 112 cm³/mol. The van der Waals surface area contributed by atoms with E-state index in [1.165, 1.54) is 0 Å². The molecule has 3 fully saturated rings. The number of nitrogens with one attached hydrogen (secondary N) is 1. The fourth-order valence-electron chi connectivity index (χ4n) is 5.07. The number of anilines is 1. The van der Waals surface area contributed by atoms with Crippen molar-refractivity contribution in [3.05, 3.63) is 29.8 Å². The van der Waals surface area contributed by atoms with Crippen LogP contribution in [-0.2, 0) is 4.79 Å². The quantitative estimate of drug-likeness (QED) is 0.844. The summed E-state index contributed by atoms with van der Waals surface area (Å²) in [6, 6.07) is 7.30. The first-order chi connectivity index (χ1) is 14.1. The fourth-order valence-corrected chi connectivity index (χ4v) is 5.07. The summed E-state index contributed by atoms with van der Waals surface area (Å²) >= 11 is 0. The third kappa shape index (κ3) is 4.31. The van der Waals surface area contributed by atoms with Crippen LogP contribution in [0.4, 0.5) is 10.5 Å². The third-order valence-corrected chi connectivity index (χ3v) is 6.61. The Morgan fingerprint density at radius 1 is 0.966 bits per heavy atom. The molecule has 29 heavy (non-hydrogen) atoms. The van der Waals surface area contributed by atoms with E-state index in [-0.39, 0.29) is 23.9 Å². The van der Waals surface area contributed by atoms with Crippen molar-refractivity contribution in [1.82, 2.24) is 10.2 Å². The van der Waals surface area contributed by atoms with Crippen molar-refractivity contribution in [2.45, 2.75) is 63.8 Å². The molecule has 2 atom stereocenters. The molecule has 6 heteroatoms. The Kier molecular flexibility index (Phi) is 6.16. The topological polar surface area (TPSA) is 69.7 Å². The summed E-state index contributed by atoms with van der Waals surface area (Å²) in [5.41, 5.74) is 1.36. The average Bonchev–Trinajstić information content (AvgIpc) is 3.00. The molecule has 2 aliphatic heterocycles. The lowest BCUT2D eigenvalue weighted by atomic mass is 9.80. The smallest absolute Gasteiger partial charge is 0.321 e. The third-order valence-electron chi connectivity index (χ3n) is 6.61. The number of hydrogen-bond donors (Lipinski definition) is 1. The Morgan fingerprint density at radius 2 is 1.83 bits per heavy atom. The standard InChI is InChI=1S/C23H31N3O3/c27-21-12-4-3-10-19(21)20-11-2-1-5-14-26(20)22(28)17-8-6-9-18(16-17)25-15-7-13-24-23(25)29/h6,8-9,16,19-20H,1-5,7,10-15H2,(H,24,29)/t19-,20-/m1/s1. The summed E-state index contributed by atoms with van der Waals surface area (Å²) in [7, 11) is 0. The van der Waals surface area contributed by atoms with E-state index in [1.54, 1.807) is 4.90 Å². The Balaban J connectivity index is 1.58. The van der Waals surface area contributed by atoms with E-state index >= 15 is 0 Å². The number of carbonyl (C=O) groups is 3. The number of nitrogens with zero attached hydrogens (tertiary/aromatic N) is 2. The second kappa shape index (κ2) is 8.97. The highest BCUT2D eigenvalue weighted by Crippen LogP contribution is 2.32. The van der Waals surface area contributed by atoms with Gasteiger partial charge in [0, 0.05) is 49.3 Å². The van der Waals surface area contributed by atoms with Crippen molar-refractivity contribution >= 4 is 23.4 Å². The van der Waals surface area contributed by atoms with Gasteiger partial charge in [0.1, 0.15) is 5.78 Å². The number of Topliss-reactive ketones (excluding diaryl/α,β-unsaturated/α-hetero) is 1. The largest absolute Gasteiger partial charge is 0.338 e. The number of rotatable bonds is 3. The van der Waals surface area contributed by atoms with Gasteiger partial charge in [-0.3, -0.25) is 14.5 Å². The van der Waals surface area contributed by atoms with Gasteiger partial charge in [0.25, 0.3) is 5.91 Å². The number of ketones is 1. The summed E-state index contributed by atoms with van der Waals surface area (Å²) < 4.78 is 0. The van der Waals surface area contributed by atoms with Crippen molar-refractivity contribution in [3.8, 4) is 0 Å². The minimum absolute atomic E-state index is 0.00505. The van der Waals surface area contributed by atoms with Crippen LogP contribution in [0.3, 0.4) is 0 Å². The zero-order chi connectivity index (χ0) is 20.2. The van der Waals surface area contributed by atoms with Gasteiger partial charge in [-0.15, -0.1) is 0 Å². The number of likely N-dealkylation sites (tertiary alicyclic amines) is 1. The van der Waals surface area contributed by atoms with Crippen LogP contribution < -0.4 is 10.2 Å². The summed E-state index contributed by atoms with van der Waals surface area (Å²) in [5, 5.41) is 2.86. The van der Waals surface area contributed by atoms with Crippen LogP contribution in [0.15, 0.2) is 24.3 Å². The number of benzene rings is 1. The van der Waals surface area contributed by atoms with E-state index in [4.69, 9.17) is 0 Å². The average molecular weight is 398 g/mol. The lowest BCUT2D eigenvalue weighted by Crippen LogP contribution is -2.48. The molecular formula is C23H31N3O3. The molecule has 6 nitrogen and oxygen atoms in total. The first-order valence-electron chi connectivity index (χ1n) is 11.1. The van der Waals surface area contributed by atoms with Crippen molar-refractivity contribution in [3.63, 3.8) is 0 Å². The first kappa shape index (κ1) is 19.9. The van der Waals surface area contributed by atoms with Gasteiger partial charge in [0.2, 0.25) is 0 Å². The maximum Gasteiger partial charge on any atom is 0.321 e. The molecule has 2 saturated heterocycles. The van der Waals surface area contributed by atoms with E-state index in [9.17, 15) is 14.4 Å². The molecule has 156 valence electrons. The van der Waals surface area contributed by atoms with Gasteiger partial charge in [-0.05, 0) is 50.3 Å². The predicted octanol–water partition coefficient (Wildman–Crippen LogP) is 3.75. The highest BCUT2D eigenvalue weighted by atomic mass is 16.2. The van der Waals surface area contributed by atoms with Crippen LogP contribution in [0.25, 0.3) is 0 Å². The Bertz CT molecular complexity index is 778. The van der Waals surface area contributed by atoms with E-state index < -0.39 is 0 Å². The van der Waals surface area contributed by atoms with E-state index in [0.717, 1.165) is 57.1 Å². The molecule has 3 aliphatic rings. The van der Waals surface area contributed by atoms with Crippen LogP contribution >= 0.6 is 0 Å². The van der Waals surface area contributed by atoms with Crippen molar-refractivity contribution in [2.75, 3.05) is 24.5 Å². The Labute approximate surface area is 172 Å². The zero-order valence-corrected chi connectivity index (χ0v) is 17.1. The van der Waals surface area contributed by atoms with Crippen LogP contribution in [0.5, 0.6) is 0 Å². The highest BCUT2D eigenvalue weighted by molar-refractivity contribution is 5.98. The van der Waals surface area contributed by atoms with E-state index in [0.29, 0.717) is 37.4 Å². The summed E-state index contributed by atoms with van der Waals surface area (Å²) in [6.07, 6.45) is 8.59. The maximum atomic E-state index is 13.5. The Morgan fingerprint density at radius 3 is 2.66 bits per heavy atom. The first-order valence-corrected chi connectivity index (χ1v) is 11.1. The van der Waals surface area contributed by atoms with E-state index in [1.807, 2.05) is 29.2 Å². The minimum Gasteiger partial charge on any atom is -0.338 e. The molecular weight excluding hydrogens is 366 g/mol. The van der Waals surface area contributed by atoms with Crippen molar-refractivity contribution in [2.24, 2.45) is 5.92 Å². The minimum atomic E-state index is -0.110. The van der Waals surface area contributed by atoms with Gasteiger partial charge in [0.15, 0.2) is 0 Å². The van der Waals surface area contributed by atoms with Gasteiger partial charge in [0.05, 0.1) is 0 Å². The second-order valence-corrected chi connectivity index (χ2v) is 8.52. The molecule has 0 radical (unpaired) electrons. The maximum absolute atomic E-state index is 13.5. The van der Waals surface area contributed by atoms with Crippen LogP contribution in [0.2, 0.25) is 0 Å². The molecule has 1 saturated carbocycles. The molecule has 0 bridgehead atoms. The lowest BCUT2D eigenvalue weighted by molar-refractivity contribution is -0.126. The van der Waals surface area contributed by atoms with Crippen molar-refractivity contribution in [1.29, 1.82) is 0 Å². The Hall–Kier alpha value is -2.37. The van der Waals surface area contributed by atoms with Crippen LogP contribution in [0, 0.1) is 5.92 Å². The SMILES string of the molecule is O=C1CCCC[C@@H]1[C@H]1CCCCCN1C(=O)c1cccc(N2CCCNC2=O)c1. The number of hydrogen-bond acceptors (Lipinski definition) is 3. The normalized spacial score (nSPS) is 26.1. The lowest BCUT2D eigenvalue weighted by Gasteiger charge is -2.37. The monoisotopic (exact) mass is 397 g/mol. The molecule has 2 heterocycles. The van der Waals surface area contributed by atoms with Gasteiger partial charge in [-0.2, -0.15) is 0 Å². The molecule has 1 aromatic carbocycles. The molecule has 0 spiro atoms. The molecule has 1 aliphatic carbocycles. The van der Waals surface area contributed by atoms with Crippen LogP contribution in [0.1, 0.15) is 68.1 Å². The number of amides is 3. The van der Waals surface area contributed by atoms with Gasteiger partial charge >= 0.3 is 6.03 Å². The van der Waals surface area contributed by atoms with Crippen LogP contribution in [-0.4, -0.2) is 48.3 Å². The number of carbonyl (C=O) groups excluding carboxylic acids is 3. The van der Waals surface area contributed by atoms with Gasteiger partial charge in [-0.25, -0.2) is 4.79 Å². The van der Waals surface area contributed by atoms with Gasteiger partial charge in [-0.1, -0.05) is 25.3 Å². The summed E-state index contributed by atoms with van der Waals surface area (Å²) in [5.74, 6) is 0.316. The molecule has 1 N–H and O–H groups in total. The van der Waals surface area contributed by atoms with Crippen molar-refractivity contribution < 1.29 is 14.4 Å². The highest BCUT2D eigenvalue weighted by Gasteiger charge is 2.37. The van der Waals surface area contributed by atoms with Gasteiger partial charge < -0.3 is 10.2 Å². The van der Waals surface area contributed by atoms with E-state index in [2.05, 4.69) is 5.32 Å². The molecule has 3 amide bonds.